The molecule has 0 fully saturated rings. The fourth-order valence-corrected chi connectivity index (χ4v) is 3.30. The van der Waals surface area contributed by atoms with Gasteiger partial charge in [0.2, 0.25) is 11.8 Å². The van der Waals surface area contributed by atoms with Crippen LogP contribution in [0.1, 0.15) is 22.3 Å². The number of aryl methyl sites for hydroxylation is 4. The second-order valence-corrected chi connectivity index (χ2v) is 7.25. The molecule has 5 heteroatoms. The molecule has 0 atom stereocenters. The highest BCUT2D eigenvalue weighted by Gasteiger charge is 2.10. The number of rotatable bonds is 6. The number of hydrogen-bond donors (Lipinski definition) is 2. The zero-order chi connectivity index (χ0) is 18.4. The first kappa shape index (κ1) is 19.1. The van der Waals surface area contributed by atoms with Crippen molar-refractivity contribution >= 4 is 29.3 Å². The van der Waals surface area contributed by atoms with Crippen LogP contribution in [0.2, 0.25) is 0 Å². The molecule has 0 aliphatic rings. The van der Waals surface area contributed by atoms with E-state index in [1.165, 1.54) is 17.3 Å². The van der Waals surface area contributed by atoms with Gasteiger partial charge in [0.1, 0.15) is 0 Å². The molecule has 0 saturated heterocycles. The molecule has 0 radical (unpaired) electrons. The van der Waals surface area contributed by atoms with Gasteiger partial charge in [-0.3, -0.25) is 9.59 Å². The molecule has 0 heterocycles. The number of amides is 2. The van der Waals surface area contributed by atoms with Crippen molar-refractivity contribution in [2.75, 3.05) is 17.6 Å². The summed E-state index contributed by atoms with van der Waals surface area (Å²) in [4.78, 5) is 25.0. The zero-order valence-electron chi connectivity index (χ0n) is 15.1. The smallest absolute Gasteiger partial charge is 0.243 e. The van der Waals surface area contributed by atoms with Crippen LogP contribution in [0, 0.1) is 27.7 Å². The maximum Gasteiger partial charge on any atom is 0.243 e. The molecular formula is C20H24N2O2S. The predicted molar refractivity (Wildman–Crippen MR) is 104 cm³/mol. The van der Waals surface area contributed by atoms with Crippen LogP contribution in [0.5, 0.6) is 0 Å². The molecule has 4 nitrogen and oxygen atoms in total. The minimum absolute atomic E-state index is 0.0277. The average Bonchev–Trinajstić information content (AvgIpc) is 2.55. The van der Waals surface area contributed by atoms with Crippen LogP contribution < -0.4 is 10.6 Å². The third-order valence-corrected chi connectivity index (χ3v) is 4.79. The Balaban J connectivity index is 1.79. The van der Waals surface area contributed by atoms with Gasteiger partial charge in [0.05, 0.1) is 12.3 Å². The van der Waals surface area contributed by atoms with Gasteiger partial charge in [0.15, 0.2) is 0 Å². The predicted octanol–water partition coefficient (Wildman–Crippen LogP) is 3.77. The van der Waals surface area contributed by atoms with Crippen molar-refractivity contribution in [1.82, 2.24) is 5.32 Å². The van der Waals surface area contributed by atoms with Crippen LogP contribution in [-0.4, -0.2) is 24.1 Å². The van der Waals surface area contributed by atoms with E-state index in [0.717, 1.165) is 27.3 Å². The Morgan fingerprint density at radius 3 is 2.08 bits per heavy atom. The first-order valence-corrected chi connectivity index (χ1v) is 9.17. The molecule has 2 aromatic carbocycles. The number of nitrogens with one attached hydrogen (secondary N) is 2. The molecule has 25 heavy (non-hydrogen) atoms. The second-order valence-electron chi connectivity index (χ2n) is 6.20. The summed E-state index contributed by atoms with van der Waals surface area (Å²) >= 11 is 1.46. The molecule has 0 bridgehead atoms. The Morgan fingerprint density at radius 1 is 0.880 bits per heavy atom. The molecule has 0 aromatic heterocycles. The summed E-state index contributed by atoms with van der Waals surface area (Å²) in [6.45, 7) is 7.95. The van der Waals surface area contributed by atoms with Crippen LogP contribution in [0.15, 0.2) is 41.3 Å². The summed E-state index contributed by atoms with van der Waals surface area (Å²) in [6.07, 6.45) is 0. The van der Waals surface area contributed by atoms with Gasteiger partial charge in [-0.15, -0.1) is 11.8 Å². The van der Waals surface area contributed by atoms with Crippen LogP contribution in [0.4, 0.5) is 5.69 Å². The topological polar surface area (TPSA) is 58.2 Å². The van der Waals surface area contributed by atoms with E-state index in [0.29, 0.717) is 5.75 Å². The molecule has 0 spiro atoms. The van der Waals surface area contributed by atoms with E-state index in [4.69, 9.17) is 0 Å². The Kier molecular flexibility index (Phi) is 6.65. The van der Waals surface area contributed by atoms with Crippen LogP contribution in [0.25, 0.3) is 0 Å². The van der Waals surface area contributed by atoms with Crippen molar-refractivity contribution in [3.8, 4) is 0 Å². The molecule has 0 aliphatic carbocycles. The molecule has 0 aliphatic heterocycles. The third-order valence-electron chi connectivity index (χ3n) is 3.78. The second kappa shape index (κ2) is 8.72. The van der Waals surface area contributed by atoms with E-state index >= 15 is 0 Å². The Hall–Kier alpha value is -2.27. The van der Waals surface area contributed by atoms with E-state index in [-0.39, 0.29) is 18.4 Å². The largest absolute Gasteiger partial charge is 0.346 e. The number of hydrogen-bond acceptors (Lipinski definition) is 3. The first-order chi connectivity index (χ1) is 11.8. The summed E-state index contributed by atoms with van der Waals surface area (Å²) in [5.74, 6) is -0.0827. The number of thioether (sulfide) groups is 1. The molecule has 2 amide bonds. The van der Waals surface area contributed by atoms with Gasteiger partial charge in [-0.2, -0.15) is 0 Å². The van der Waals surface area contributed by atoms with Gasteiger partial charge in [-0.05, 0) is 51.0 Å². The zero-order valence-corrected chi connectivity index (χ0v) is 15.9. The fourth-order valence-electron chi connectivity index (χ4n) is 2.57. The SMILES string of the molecule is Cc1ccc(SCC(=O)NCC(=O)Nc2c(C)cc(C)cc2C)cc1. The van der Waals surface area contributed by atoms with E-state index in [1.54, 1.807) is 0 Å². The van der Waals surface area contributed by atoms with E-state index in [2.05, 4.69) is 10.6 Å². The Labute approximate surface area is 153 Å². The van der Waals surface area contributed by atoms with Gasteiger partial charge in [0, 0.05) is 10.6 Å². The average molecular weight is 356 g/mol. The normalized spacial score (nSPS) is 10.4. The van der Waals surface area contributed by atoms with Crippen molar-refractivity contribution < 1.29 is 9.59 Å². The van der Waals surface area contributed by atoms with E-state index < -0.39 is 0 Å². The van der Waals surface area contributed by atoms with Crippen molar-refractivity contribution in [2.45, 2.75) is 32.6 Å². The van der Waals surface area contributed by atoms with Gasteiger partial charge in [-0.1, -0.05) is 35.4 Å². The lowest BCUT2D eigenvalue weighted by atomic mass is 10.1. The molecule has 0 saturated carbocycles. The summed E-state index contributed by atoms with van der Waals surface area (Å²) in [7, 11) is 0. The fraction of sp³-hybridized carbons (Fsp3) is 0.300. The van der Waals surface area contributed by atoms with Gasteiger partial charge in [0.25, 0.3) is 0 Å². The highest BCUT2D eigenvalue weighted by Crippen LogP contribution is 2.21. The van der Waals surface area contributed by atoms with Crippen molar-refractivity contribution in [2.24, 2.45) is 0 Å². The number of benzene rings is 2. The number of carbonyl (C=O) groups excluding carboxylic acids is 2. The van der Waals surface area contributed by atoms with Crippen LogP contribution >= 0.6 is 11.8 Å². The minimum Gasteiger partial charge on any atom is -0.346 e. The summed E-state index contributed by atoms with van der Waals surface area (Å²) in [5.41, 5.74) is 5.21. The van der Waals surface area contributed by atoms with Crippen molar-refractivity contribution in [3.63, 3.8) is 0 Å². The molecular weight excluding hydrogens is 332 g/mol. The lowest BCUT2D eigenvalue weighted by molar-refractivity contribution is -0.122. The highest BCUT2D eigenvalue weighted by atomic mass is 32.2. The molecule has 2 N–H and O–H groups in total. The van der Waals surface area contributed by atoms with Crippen LogP contribution in [0.3, 0.4) is 0 Å². The van der Waals surface area contributed by atoms with Gasteiger partial charge in [-0.25, -0.2) is 0 Å². The maximum absolute atomic E-state index is 12.1. The molecule has 0 unspecified atom stereocenters. The number of carbonyl (C=O) groups is 2. The van der Waals surface area contributed by atoms with Crippen molar-refractivity contribution in [3.05, 3.63) is 58.7 Å². The molecule has 2 rings (SSSR count). The maximum atomic E-state index is 12.1. The van der Waals surface area contributed by atoms with E-state index in [9.17, 15) is 9.59 Å². The van der Waals surface area contributed by atoms with Crippen molar-refractivity contribution in [1.29, 1.82) is 0 Å². The summed E-state index contributed by atoms with van der Waals surface area (Å²) in [5, 5.41) is 5.54. The minimum atomic E-state index is -0.219. The summed E-state index contributed by atoms with van der Waals surface area (Å²) < 4.78 is 0. The molecule has 132 valence electrons. The van der Waals surface area contributed by atoms with Gasteiger partial charge >= 0.3 is 0 Å². The first-order valence-electron chi connectivity index (χ1n) is 8.19. The molecule has 2 aromatic rings. The van der Waals surface area contributed by atoms with Crippen LogP contribution in [-0.2, 0) is 9.59 Å². The Morgan fingerprint density at radius 2 is 1.48 bits per heavy atom. The van der Waals surface area contributed by atoms with Gasteiger partial charge < -0.3 is 10.6 Å². The standard InChI is InChI=1S/C20H24N2O2S/c1-13-5-7-17(8-6-13)25-12-19(24)21-11-18(23)22-20-15(3)9-14(2)10-16(20)4/h5-10H,11-12H2,1-4H3,(H,21,24)(H,22,23). The number of anilines is 1. The highest BCUT2D eigenvalue weighted by molar-refractivity contribution is 8.00. The Bertz CT molecular complexity index is 747. The monoisotopic (exact) mass is 356 g/mol. The summed E-state index contributed by atoms with van der Waals surface area (Å²) in [6, 6.07) is 12.1. The lowest BCUT2D eigenvalue weighted by Gasteiger charge is -2.13. The lowest BCUT2D eigenvalue weighted by Crippen LogP contribution is -2.34. The third kappa shape index (κ3) is 5.94. The van der Waals surface area contributed by atoms with E-state index in [1.807, 2.05) is 64.1 Å². The quantitative estimate of drug-likeness (QED) is 0.775.